The van der Waals surface area contributed by atoms with Crippen molar-refractivity contribution in [1.82, 2.24) is 10.2 Å². The molecule has 12 heteroatoms. The van der Waals surface area contributed by atoms with E-state index in [4.69, 9.17) is 5.11 Å². The van der Waals surface area contributed by atoms with Gasteiger partial charge in [-0.1, -0.05) is 13.0 Å². The fourth-order valence-electron chi connectivity index (χ4n) is 4.81. The van der Waals surface area contributed by atoms with E-state index in [1.54, 1.807) is 12.1 Å². The summed E-state index contributed by atoms with van der Waals surface area (Å²) in [5.74, 6) is -3.79. The number of carboxylic acid groups (broad SMARTS) is 2. The van der Waals surface area contributed by atoms with E-state index in [0.29, 0.717) is 23.6 Å². The Bertz CT molecular complexity index is 1060. The maximum atomic E-state index is 12.7. The molecule has 10 nitrogen and oxygen atoms in total. The number of aliphatic carboxylic acids is 1. The first kappa shape index (κ1) is 26.7. The van der Waals surface area contributed by atoms with Crippen molar-refractivity contribution in [2.75, 3.05) is 11.9 Å². The van der Waals surface area contributed by atoms with E-state index in [9.17, 15) is 29.4 Å². The minimum absolute atomic E-state index is 0. The summed E-state index contributed by atoms with van der Waals surface area (Å²) in [6.07, 6.45) is -0.419. The Balaban J connectivity index is 0.00000324. The van der Waals surface area contributed by atoms with Crippen LogP contribution < -0.4 is 10.6 Å². The van der Waals surface area contributed by atoms with Crippen molar-refractivity contribution in [3.05, 3.63) is 40.4 Å². The number of carbonyl (C=O) groups excluding carboxylic acids is 2. The number of benzene rings is 1. The van der Waals surface area contributed by atoms with Gasteiger partial charge in [0.1, 0.15) is 5.70 Å². The number of rotatable bonds is 7. The molecule has 3 aliphatic rings. The van der Waals surface area contributed by atoms with Crippen LogP contribution in [0.5, 0.6) is 0 Å². The molecular formula is C22H26N3NaO7S. The molecule has 5 N–H and O–H groups in total. The first-order valence-electron chi connectivity index (χ1n) is 10.6. The van der Waals surface area contributed by atoms with Crippen molar-refractivity contribution < 1.29 is 34.5 Å². The Kier molecular flexibility index (Phi) is 8.16. The van der Waals surface area contributed by atoms with Crippen LogP contribution in [0, 0.1) is 11.8 Å². The van der Waals surface area contributed by atoms with Crippen LogP contribution in [0.25, 0.3) is 0 Å². The number of nitrogens with one attached hydrogen (secondary N) is 2. The number of fused-ring (bicyclic) bond motifs is 1. The Morgan fingerprint density at radius 1 is 1.24 bits per heavy atom. The van der Waals surface area contributed by atoms with Crippen molar-refractivity contribution >= 4 is 70.8 Å². The number of carbonyl (C=O) groups is 4. The van der Waals surface area contributed by atoms with Gasteiger partial charge in [0.15, 0.2) is 0 Å². The van der Waals surface area contributed by atoms with Crippen LogP contribution >= 0.6 is 11.8 Å². The summed E-state index contributed by atoms with van der Waals surface area (Å²) in [4.78, 5) is 50.1. The number of nitrogens with zero attached hydrogens (tertiary/aromatic N) is 1. The van der Waals surface area contributed by atoms with E-state index in [2.05, 4.69) is 10.6 Å². The summed E-state index contributed by atoms with van der Waals surface area (Å²) >= 11 is 1.36. The molecule has 178 valence electrons. The molecule has 2 fully saturated rings. The topological polar surface area (TPSA) is 156 Å². The molecular weight excluding hydrogens is 473 g/mol. The van der Waals surface area contributed by atoms with Gasteiger partial charge in [-0.15, -0.1) is 11.8 Å². The first-order valence-corrected chi connectivity index (χ1v) is 11.5. The second kappa shape index (κ2) is 10.4. The summed E-state index contributed by atoms with van der Waals surface area (Å²) < 4.78 is 0. The summed E-state index contributed by atoms with van der Waals surface area (Å²) in [5, 5.41) is 34.6. The number of thioether (sulfide) groups is 1. The molecule has 0 aliphatic carbocycles. The van der Waals surface area contributed by atoms with E-state index in [0.717, 1.165) is 0 Å². The number of aliphatic hydroxyl groups excluding tert-OH is 1. The van der Waals surface area contributed by atoms with E-state index in [1.165, 1.54) is 35.7 Å². The fraction of sp³-hybridized carbons (Fsp3) is 0.455. The third kappa shape index (κ3) is 4.77. The van der Waals surface area contributed by atoms with Gasteiger partial charge in [0.05, 0.1) is 29.7 Å². The molecule has 34 heavy (non-hydrogen) atoms. The molecule has 3 heterocycles. The summed E-state index contributed by atoms with van der Waals surface area (Å²) in [7, 11) is 0. The Hall–Kier alpha value is -1.89. The van der Waals surface area contributed by atoms with Crippen molar-refractivity contribution in [1.29, 1.82) is 0 Å². The molecule has 3 unspecified atom stereocenters. The molecule has 0 radical (unpaired) electrons. The van der Waals surface area contributed by atoms with Crippen LogP contribution in [0.15, 0.2) is 34.9 Å². The third-order valence-electron chi connectivity index (χ3n) is 6.39. The van der Waals surface area contributed by atoms with Gasteiger partial charge in [0.25, 0.3) is 0 Å². The number of aliphatic hydroxyl groups is 1. The monoisotopic (exact) mass is 499 g/mol. The minimum atomic E-state index is -1.18. The average Bonchev–Trinajstić information content (AvgIpc) is 3.30. The van der Waals surface area contributed by atoms with Crippen LogP contribution in [0.4, 0.5) is 5.69 Å². The standard InChI is InChI=1S/C22H25N3O7S.Na.H/c1-9-16-15(10(2)26)20(28)25(16)17(22(31)32)18(9)33-13-7-14(23-8-13)19(27)24-12-5-3-4-11(6-12)21(29)30;;/h3-6,9-10,13-16,23,26H,7-8H2,1-2H3,(H,24,27)(H,29,30)(H,31,32);;/t9-,10?,13?,14?,15+,16+;;/m0../s1. The molecule has 0 saturated carbocycles. The molecule has 1 aromatic carbocycles. The Morgan fingerprint density at radius 2 is 1.94 bits per heavy atom. The van der Waals surface area contributed by atoms with E-state index in [-0.39, 0.29) is 69.8 Å². The molecule has 0 aromatic heterocycles. The van der Waals surface area contributed by atoms with Gasteiger partial charge in [-0.25, -0.2) is 9.59 Å². The van der Waals surface area contributed by atoms with E-state index in [1.807, 2.05) is 6.92 Å². The number of amides is 2. The zero-order chi connectivity index (χ0) is 24.0. The number of carboxylic acids is 2. The molecule has 0 bridgehead atoms. The summed E-state index contributed by atoms with van der Waals surface area (Å²) in [5.41, 5.74) is 0.418. The average molecular weight is 500 g/mol. The van der Waals surface area contributed by atoms with Crippen molar-refractivity contribution in [3.8, 4) is 0 Å². The van der Waals surface area contributed by atoms with Gasteiger partial charge in [0.2, 0.25) is 11.8 Å². The molecule has 2 saturated heterocycles. The quantitative estimate of drug-likeness (QED) is 0.263. The molecule has 1 aromatic rings. The Morgan fingerprint density at radius 3 is 2.56 bits per heavy atom. The number of hydrogen-bond donors (Lipinski definition) is 5. The van der Waals surface area contributed by atoms with Crippen LogP contribution in [-0.2, 0) is 14.4 Å². The van der Waals surface area contributed by atoms with Crippen LogP contribution in [0.3, 0.4) is 0 Å². The normalized spacial score (nSPS) is 28.6. The second-order valence-corrected chi connectivity index (χ2v) is 9.93. The number of hydrogen-bond acceptors (Lipinski definition) is 7. The van der Waals surface area contributed by atoms with Gasteiger partial charge in [-0.2, -0.15) is 0 Å². The third-order valence-corrected chi connectivity index (χ3v) is 7.90. The number of β-lactam (4-membered cyclic amide) rings is 1. The van der Waals surface area contributed by atoms with Gasteiger partial charge in [0, 0.05) is 28.3 Å². The summed E-state index contributed by atoms with van der Waals surface area (Å²) in [6.45, 7) is 3.87. The zero-order valence-corrected chi connectivity index (χ0v) is 18.8. The molecule has 6 atom stereocenters. The van der Waals surface area contributed by atoms with E-state index >= 15 is 0 Å². The van der Waals surface area contributed by atoms with Crippen LogP contribution in [0.2, 0.25) is 0 Å². The zero-order valence-electron chi connectivity index (χ0n) is 18.0. The molecule has 4 rings (SSSR count). The predicted molar refractivity (Wildman–Crippen MR) is 127 cm³/mol. The van der Waals surface area contributed by atoms with Crippen LogP contribution in [0.1, 0.15) is 30.6 Å². The van der Waals surface area contributed by atoms with Crippen molar-refractivity contribution in [3.63, 3.8) is 0 Å². The van der Waals surface area contributed by atoms with E-state index < -0.39 is 30.0 Å². The summed E-state index contributed by atoms with van der Waals surface area (Å²) in [6, 6.07) is 5.07. The van der Waals surface area contributed by atoms with Gasteiger partial charge < -0.3 is 30.9 Å². The predicted octanol–water partition coefficient (Wildman–Crippen LogP) is 0.292. The van der Waals surface area contributed by atoms with Gasteiger partial charge in [-0.3, -0.25) is 9.59 Å². The molecule has 0 spiro atoms. The van der Waals surface area contributed by atoms with Gasteiger partial charge in [-0.05, 0) is 31.5 Å². The number of aromatic carboxylic acids is 1. The maximum absolute atomic E-state index is 12.7. The molecule has 3 aliphatic heterocycles. The van der Waals surface area contributed by atoms with Crippen molar-refractivity contribution in [2.45, 2.75) is 43.7 Å². The Labute approximate surface area is 222 Å². The SMILES string of the molecule is CC(O)[C@H]1C(=O)N2C(C(=O)O)=C(SC3CNC(C(=O)Nc4cccc(C(=O)O)c4)C3)[C@@H](C)[C@H]12.[NaH]. The van der Waals surface area contributed by atoms with Gasteiger partial charge >= 0.3 is 41.5 Å². The fourth-order valence-corrected chi connectivity index (χ4v) is 6.29. The van der Waals surface area contributed by atoms with Crippen LogP contribution in [-0.4, -0.2) is 104 Å². The second-order valence-electron chi connectivity index (χ2n) is 8.58. The first-order chi connectivity index (χ1) is 15.6. The van der Waals surface area contributed by atoms with Crippen molar-refractivity contribution in [2.24, 2.45) is 11.8 Å². The number of anilines is 1. The molecule has 2 amide bonds.